The second-order valence-electron chi connectivity index (χ2n) is 5.35. The molecule has 0 aliphatic carbocycles. The minimum Gasteiger partial charge on any atom is -0.478 e. The lowest BCUT2D eigenvalue weighted by molar-refractivity contribution is 0.0692. The summed E-state index contributed by atoms with van der Waals surface area (Å²) in [6.07, 6.45) is 0. The minimum absolute atomic E-state index is 0.228. The molecule has 0 bridgehead atoms. The van der Waals surface area contributed by atoms with E-state index in [9.17, 15) is 14.3 Å². The summed E-state index contributed by atoms with van der Waals surface area (Å²) >= 11 is 0. The third-order valence-corrected chi connectivity index (χ3v) is 3.78. The number of nitrogens with zero attached hydrogens (tertiary/aromatic N) is 2. The van der Waals surface area contributed by atoms with Gasteiger partial charge in [-0.05, 0) is 32.1 Å². The highest BCUT2D eigenvalue weighted by molar-refractivity contribution is 5.94. The van der Waals surface area contributed by atoms with Gasteiger partial charge in [0.2, 0.25) is 0 Å². The summed E-state index contributed by atoms with van der Waals surface area (Å²) in [4.78, 5) is 15.3. The Hall–Kier alpha value is -1.62. The number of hydrogen-bond donors (Lipinski definition) is 1. The van der Waals surface area contributed by atoms with Gasteiger partial charge in [0.1, 0.15) is 11.4 Å². The van der Waals surface area contributed by atoms with E-state index in [1.807, 2.05) is 19.0 Å². The molecule has 0 saturated carbocycles. The van der Waals surface area contributed by atoms with Crippen LogP contribution >= 0.6 is 0 Å². The molecule has 0 radical (unpaired) electrons. The maximum Gasteiger partial charge on any atom is 0.340 e. The van der Waals surface area contributed by atoms with Crippen molar-refractivity contribution in [3.05, 3.63) is 29.6 Å². The van der Waals surface area contributed by atoms with Gasteiger partial charge >= 0.3 is 5.97 Å². The number of halogens is 1. The summed E-state index contributed by atoms with van der Waals surface area (Å²) < 4.78 is 13.7. The number of anilines is 1. The SMILES string of the molecule is CC1CN(c2cccc(F)c2C(=O)O)CC1N(C)C. The van der Waals surface area contributed by atoms with Crippen molar-refractivity contribution >= 4 is 11.7 Å². The van der Waals surface area contributed by atoms with Crippen molar-refractivity contribution in [3.63, 3.8) is 0 Å². The van der Waals surface area contributed by atoms with E-state index in [0.29, 0.717) is 17.6 Å². The van der Waals surface area contributed by atoms with Crippen molar-refractivity contribution in [1.29, 1.82) is 0 Å². The lowest BCUT2D eigenvalue weighted by atomic mass is 10.1. The van der Waals surface area contributed by atoms with Crippen LogP contribution in [0.2, 0.25) is 0 Å². The van der Waals surface area contributed by atoms with Gasteiger partial charge in [-0.15, -0.1) is 0 Å². The number of carbonyl (C=O) groups is 1. The van der Waals surface area contributed by atoms with Crippen molar-refractivity contribution in [2.75, 3.05) is 32.1 Å². The second kappa shape index (κ2) is 5.17. The smallest absolute Gasteiger partial charge is 0.340 e. The van der Waals surface area contributed by atoms with E-state index in [-0.39, 0.29) is 5.56 Å². The van der Waals surface area contributed by atoms with E-state index >= 15 is 0 Å². The third kappa shape index (κ3) is 2.56. The number of likely N-dealkylation sites (N-methyl/N-ethyl adjacent to an activating group) is 1. The molecule has 19 heavy (non-hydrogen) atoms. The molecule has 0 spiro atoms. The molecule has 4 nitrogen and oxygen atoms in total. The van der Waals surface area contributed by atoms with Gasteiger partial charge in [0.05, 0.1) is 5.69 Å². The van der Waals surface area contributed by atoms with Crippen molar-refractivity contribution in [2.24, 2.45) is 5.92 Å². The maximum atomic E-state index is 13.7. The molecule has 104 valence electrons. The Bertz CT molecular complexity index is 490. The van der Waals surface area contributed by atoms with Crippen LogP contribution in [0.15, 0.2) is 18.2 Å². The van der Waals surface area contributed by atoms with Gasteiger partial charge in [0.25, 0.3) is 0 Å². The van der Waals surface area contributed by atoms with Crippen molar-refractivity contribution in [3.8, 4) is 0 Å². The monoisotopic (exact) mass is 266 g/mol. The standard InChI is InChI=1S/C14H19FN2O2/c1-9-7-17(8-12(9)16(2)3)11-6-4-5-10(15)13(11)14(18)19/h4-6,9,12H,7-8H2,1-3H3,(H,18,19). The zero-order valence-corrected chi connectivity index (χ0v) is 11.4. The first-order valence-corrected chi connectivity index (χ1v) is 6.35. The fourth-order valence-electron chi connectivity index (χ4n) is 2.81. The van der Waals surface area contributed by atoms with Gasteiger partial charge in [-0.25, -0.2) is 9.18 Å². The van der Waals surface area contributed by atoms with E-state index in [4.69, 9.17) is 0 Å². The van der Waals surface area contributed by atoms with E-state index in [2.05, 4.69) is 11.8 Å². The Morgan fingerprint density at radius 1 is 1.42 bits per heavy atom. The summed E-state index contributed by atoms with van der Waals surface area (Å²) in [6.45, 7) is 3.59. The van der Waals surface area contributed by atoms with Crippen LogP contribution in [0.4, 0.5) is 10.1 Å². The molecule has 1 heterocycles. The van der Waals surface area contributed by atoms with Gasteiger partial charge in [0.15, 0.2) is 0 Å². The maximum absolute atomic E-state index is 13.7. The molecule has 5 heteroatoms. The van der Waals surface area contributed by atoms with Crippen LogP contribution < -0.4 is 4.90 Å². The van der Waals surface area contributed by atoms with Gasteiger partial charge in [-0.3, -0.25) is 0 Å². The molecule has 2 unspecified atom stereocenters. The molecule has 1 aromatic carbocycles. The highest BCUT2D eigenvalue weighted by Crippen LogP contribution is 2.30. The molecular weight excluding hydrogens is 247 g/mol. The lowest BCUT2D eigenvalue weighted by Gasteiger charge is -2.23. The number of rotatable bonds is 3. The predicted octanol–water partition coefficient (Wildman–Crippen LogP) is 1.91. The van der Waals surface area contributed by atoms with Crippen LogP contribution in [-0.4, -0.2) is 49.2 Å². The van der Waals surface area contributed by atoms with Crippen LogP contribution in [0, 0.1) is 11.7 Å². The van der Waals surface area contributed by atoms with Crippen LogP contribution in [0.5, 0.6) is 0 Å². The summed E-state index contributed by atoms with van der Waals surface area (Å²) in [7, 11) is 4.02. The van der Waals surface area contributed by atoms with Gasteiger partial charge in [0, 0.05) is 19.1 Å². The van der Waals surface area contributed by atoms with E-state index in [0.717, 1.165) is 13.1 Å². The number of aromatic carboxylic acids is 1. The fraction of sp³-hybridized carbons (Fsp3) is 0.500. The average Bonchev–Trinajstić information content (AvgIpc) is 2.70. The van der Waals surface area contributed by atoms with E-state index in [1.54, 1.807) is 12.1 Å². The number of hydrogen-bond acceptors (Lipinski definition) is 3. The topological polar surface area (TPSA) is 43.8 Å². The quantitative estimate of drug-likeness (QED) is 0.907. The largest absolute Gasteiger partial charge is 0.478 e. The molecular formula is C14H19FN2O2. The summed E-state index contributed by atoms with van der Waals surface area (Å²) in [6, 6.07) is 4.78. The molecule has 1 N–H and O–H groups in total. The Kier molecular flexibility index (Phi) is 3.75. The number of carboxylic acids is 1. The van der Waals surface area contributed by atoms with Crippen LogP contribution in [0.1, 0.15) is 17.3 Å². The van der Waals surface area contributed by atoms with Gasteiger partial charge < -0.3 is 14.9 Å². The zero-order valence-electron chi connectivity index (χ0n) is 11.4. The lowest BCUT2D eigenvalue weighted by Crippen LogP contribution is -2.34. The van der Waals surface area contributed by atoms with Crippen LogP contribution in [-0.2, 0) is 0 Å². The molecule has 1 aromatic rings. The first-order chi connectivity index (χ1) is 8.91. The van der Waals surface area contributed by atoms with Crippen LogP contribution in [0.25, 0.3) is 0 Å². The average molecular weight is 266 g/mol. The molecule has 2 rings (SSSR count). The Balaban J connectivity index is 2.34. The first-order valence-electron chi connectivity index (χ1n) is 6.35. The highest BCUT2D eigenvalue weighted by Gasteiger charge is 2.33. The van der Waals surface area contributed by atoms with Gasteiger partial charge in [-0.1, -0.05) is 13.0 Å². The molecule has 1 fully saturated rings. The van der Waals surface area contributed by atoms with E-state index in [1.165, 1.54) is 6.07 Å². The third-order valence-electron chi connectivity index (χ3n) is 3.78. The Labute approximate surface area is 112 Å². The molecule has 0 aromatic heterocycles. The second-order valence-corrected chi connectivity index (χ2v) is 5.35. The summed E-state index contributed by atoms with van der Waals surface area (Å²) in [5.74, 6) is -1.47. The Morgan fingerprint density at radius 2 is 2.11 bits per heavy atom. The highest BCUT2D eigenvalue weighted by atomic mass is 19.1. The summed E-state index contributed by atoms with van der Waals surface area (Å²) in [5.41, 5.74) is 0.248. The van der Waals surface area contributed by atoms with Crippen molar-refractivity contribution in [2.45, 2.75) is 13.0 Å². The first kappa shape index (κ1) is 13.8. The molecule has 2 atom stereocenters. The summed E-state index contributed by atoms with van der Waals surface area (Å²) in [5, 5.41) is 9.17. The number of benzene rings is 1. The van der Waals surface area contributed by atoms with Crippen LogP contribution in [0.3, 0.4) is 0 Å². The number of carboxylic acid groups (broad SMARTS) is 1. The fourth-order valence-corrected chi connectivity index (χ4v) is 2.81. The molecule has 0 amide bonds. The predicted molar refractivity (Wildman–Crippen MR) is 72.2 cm³/mol. The normalized spacial score (nSPS) is 23.1. The van der Waals surface area contributed by atoms with Crippen molar-refractivity contribution in [1.82, 2.24) is 4.90 Å². The van der Waals surface area contributed by atoms with Crippen molar-refractivity contribution < 1.29 is 14.3 Å². The minimum atomic E-state index is -1.21. The van der Waals surface area contributed by atoms with E-state index < -0.39 is 11.8 Å². The molecule has 1 aliphatic rings. The molecule has 1 saturated heterocycles. The zero-order chi connectivity index (χ0) is 14.2. The molecule has 1 aliphatic heterocycles. The Morgan fingerprint density at radius 3 is 2.63 bits per heavy atom. The van der Waals surface area contributed by atoms with Gasteiger partial charge in [-0.2, -0.15) is 0 Å².